The third kappa shape index (κ3) is 3.81. The fourth-order valence-electron chi connectivity index (χ4n) is 3.13. The zero-order valence-corrected chi connectivity index (χ0v) is 16.1. The van der Waals surface area contributed by atoms with E-state index >= 15 is 0 Å². The first kappa shape index (κ1) is 19.0. The van der Waals surface area contributed by atoms with Gasteiger partial charge in [-0.2, -0.15) is 0 Å². The standard InChI is InChI=1S/C20H22FN7O/c1-10(2)26-20(29)14-8-24-19-18(14)28-16(9-25-19)17(22)13-4-3-11(21)5-15(13)27-12-6-23-7-12/h3-5,8-10,12,22-23,27H,6-7H2,1-2H3,(H,24,25)(H,26,29). The summed E-state index contributed by atoms with van der Waals surface area (Å²) in [7, 11) is 0. The van der Waals surface area contributed by atoms with E-state index in [4.69, 9.17) is 5.41 Å². The van der Waals surface area contributed by atoms with Crippen molar-refractivity contribution < 1.29 is 9.18 Å². The zero-order chi connectivity index (χ0) is 20.5. The first-order chi connectivity index (χ1) is 13.9. The molecule has 5 N–H and O–H groups in total. The molecular weight excluding hydrogens is 373 g/mol. The van der Waals surface area contributed by atoms with E-state index in [0.717, 1.165) is 13.1 Å². The number of benzene rings is 1. The van der Waals surface area contributed by atoms with Crippen molar-refractivity contribution in [1.82, 2.24) is 25.6 Å². The number of amides is 1. The molecule has 0 spiro atoms. The highest BCUT2D eigenvalue weighted by atomic mass is 19.1. The van der Waals surface area contributed by atoms with Crippen LogP contribution in [-0.2, 0) is 0 Å². The van der Waals surface area contributed by atoms with Crippen LogP contribution >= 0.6 is 0 Å². The van der Waals surface area contributed by atoms with Gasteiger partial charge in [-0.15, -0.1) is 0 Å². The first-order valence-electron chi connectivity index (χ1n) is 9.43. The van der Waals surface area contributed by atoms with Gasteiger partial charge in [-0.25, -0.2) is 14.4 Å². The highest BCUT2D eigenvalue weighted by Gasteiger charge is 2.21. The number of nitrogens with zero attached hydrogens (tertiary/aromatic N) is 2. The van der Waals surface area contributed by atoms with Gasteiger partial charge in [0, 0.05) is 36.6 Å². The smallest absolute Gasteiger partial charge is 0.255 e. The lowest BCUT2D eigenvalue weighted by molar-refractivity contribution is 0.0944. The maximum absolute atomic E-state index is 13.8. The van der Waals surface area contributed by atoms with Crippen LogP contribution in [0.25, 0.3) is 11.2 Å². The monoisotopic (exact) mass is 395 g/mol. The highest BCUT2D eigenvalue weighted by Crippen LogP contribution is 2.23. The van der Waals surface area contributed by atoms with Gasteiger partial charge in [-0.3, -0.25) is 10.2 Å². The van der Waals surface area contributed by atoms with Crippen LogP contribution in [0.4, 0.5) is 10.1 Å². The van der Waals surface area contributed by atoms with Crippen molar-refractivity contribution in [2.45, 2.75) is 25.9 Å². The van der Waals surface area contributed by atoms with Gasteiger partial charge in [-0.05, 0) is 32.0 Å². The number of carbonyl (C=O) groups excluding carboxylic acids is 1. The third-order valence-electron chi connectivity index (χ3n) is 4.69. The summed E-state index contributed by atoms with van der Waals surface area (Å²) in [6.07, 6.45) is 3.04. The molecule has 4 rings (SSSR count). The van der Waals surface area contributed by atoms with Crippen molar-refractivity contribution in [1.29, 1.82) is 5.41 Å². The summed E-state index contributed by atoms with van der Waals surface area (Å²) >= 11 is 0. The summed E-state index contributed by atoms with van der Waals surface area (Å²) < 4.78 is 13.8. The molecule has 3 heterocycles. The molecule has 1 saturated heterocycles. The number of aromatic amines is 1. The zero-order valence-electron chi connectivity index (χ0n) is 16.1. The van der Waals surface area contributed by atoms with Crippen LogP contribution in [0.5, 0.6) is 0 Å². The maximum Gasteiger partial charge on any atom is 0.255 e. The van der Waals surface area contributed by atoms with E-state index in [1.54, 1.807) is 12.3 Å². The van der Waals surface area contributed by atoms with Gasteiger partial charge in [0.05, 0.1) is 23.5 Å². The number of nitrogens with one attached hydrogen (secondary N) is 5. The largest absolute Gasteiger partial charge is 0.379 e. The van der Waals surface area contributed by atoms with Crippen LogP contribution in [0.2, 0.25) is 0 Å². The lowest BCUT2D eigenvalue weighted by Gasteiger charge is -2.30. The lowest BCUT2D eigenvalue weighted by atomic mass is 10.0. The van der Waals surface area contributed by atoms with Crippen LogP contribution < -0.4 is 16.0 Å². The molecule has 1 aliphatic rings. The molecule has 29 heavy (non-hydrogen) atoms. The molecule has 2 aromatic heterocycles. The molecule has 0 bridgehead atoms. The lowest BCUT2D eigenvalue weighted by Crippen LogP contribution is -2.51. The Morgan fingerprint density at radius 2 is 2.10 bits per heavy atom. The summed E-state index contributed by atoms with van der Waals surface area (Å²) in [5.41, 5.74) is 2.70. The minimum Gasteiger partial charge on any atom is -0.379 e. The van der Waals surface area contributed by atoms with Crippen LogP contribution in [0, 0.1) is 11.2 Å². The number of rotatable bonds is 6. The summed E-state index contributed by atoms with van der Waals surface area (Å²) in [6, 6.07) is 4.43. The molecule has 1 aromatic carbocycles. The molecule has 0 atom stereocenters. The molecule has 9 heteroatoms. The van der Waals surface area contributed by atoms with Crippen LogP contribution in [0.3, 0.4) is 0 Å². The molecule has 1 fully saturated rings. The molecule has 1 amide bonds. The van der Waals surface area contributed by atoms with Crippen molar-refractivity contribution in [2.24, 2.45) is 0 Å². The van der Waals surface area contributed by atoms with E-state index in [-0.39, 0.29) is 29.5 Å². The SMILES string of the molecule is CC(C)NC(=O)c1c[nH]c2ncc(C(=N)c3ccc(F)cc3NC3CNC3)nc12. The molecule has 0 unspecified atom stereocenters. The first-order valence-corrected chi connectivity index (χ1v) is 9.43. The molecule has 0 radical (unpaired) electrons. The van der Waals surface area contributed by atoms with Crippen molar-refractivity contribution >= 4 is 28.5 Å². The van der Waals surface area contributed by atoms with Crippen molar-refractivity contribution in [2.75, 3.05) is 18.4 Å². The number of carbonyl (C=O) groups is 1. The van der Waals surface area contributed by atoms with Crippen molar-refractivity contribution in [3.05, 3.63) is 53.2 Å². The van der Waals surface area contributed by atoms with E-state index < -0.39 is 0 Å². The van der Waals surface area contributed by atoms with Crippen molar-refractivity contribution in [3.8, 4) is 0 Å². The molecular formula is C20H22FN7O. The Morgan fingerprint density at radius 1 is 1.31 bits per heavy atom. The predicted octanol–water partition coefficient (Wildman–Crippen LogP) is 2.04. The van der Waals surface area contributed by atoms with Gasteiger partial charge in [0.1, 0.15) is 17.0 Å². The topological polar surface area (TPSA) is 119 Å². The van der Waals surface area contributed by atoms with Gasteiger partial charge in [0.15, 0.2) is 5.65 Å². The molecule has 0 aliphatic carbocycles. The van der Waals surface area contributed by atoms with E-state index in [9.17, 15) is 9.18 Å². The minimum atomic E-state index is -0.379. The molecule has 3 aromatic rings. The Balaban J connectivity index is 1.69. The maximum atomic E-state index is 13.8. The molecule has 1 aliphatic heterocycles. The quantitative estimate of drug-likeness (QED) is 0.409. The van der Waals surface area contributed by atoms with Gasteiger partial charge < -0.3 is 20.9 Å². The summed E-state index contributed by atoms with van der Waals surface area (Å²) in [5.74, 6) is -0.637. The van der Waals surface area contributed by atoms with Crippen LogP contribution in [0.1, 0.15) is 35.5 Å². The number of hydrogen-bond acceptors (Lipinski definition) is 6. The Labute approximate surface area is 166 Å². The number of fused-ring (bicyclic) bond motifs is 1. The summed E-state index contributed by atoms with van der Waals surface area (Å²) in [6.45, 7) is 5.32. The Bertz CT molecular complexity index is 1090. The molecule has 150 valence electrons. The summed E-state index contributed by atoms with van der Waals surface area (Å²) in [5, 5.41) is 17.9. The number of H-pyrrole nitrogens is 1. The Kier molecular flexibility index (Phi) is 4.98. The number of hydrogen-bond donors (Lipinski definition) is 5. The second-order valence-electron chi connectivity index (χ2n) is 7.35. The van der Waals surface area contributed by atoms with E-state index in [1.165, 1.54) is 18.3 Å². The van der Waals surface area contributed by atoms with Crippen LogP contribution in [-0.4, -0.2) is 51.7 Å². The molecule has 0 saturated carbocycles. The van der Waals surface area contributed by atoms with Gasteiger partial charge in [-0.1, -0.05) is 0 Å². The van der Waals surface area contributed by atoms with E-state index in [2.05, 4.69) is 30.9 Å². The average molecular weight is 395 g/mol. The van der Waals surface area contributed by atoms with Gasteiger partial charge in [0.25, 0.3) is 5.91 Å². The van der Waals surface area contributed by atoms with E-state index in [1.807, 2.05) is 13.8 Å². The second kappa shape index (κ2) is 7.59. The average Bonchev–Trinajstić information content (AvgIpc) is 3.07. The fourth-order valence-corrected chi connectivity index (χ4v) is 3.13. The number of aromatic nitrogens is 3. The Morgan fingerprint density at radius 3 is 2.79 bits per heavy atom. The van der Waals surface area contributed by atoms with E-state index in [0.29, 0.717) is 33.7 Å². The number of halogens is 1. The minimum absolute atomic E-state index is 0.0178. The van der Waals surface area contributed by atoms with Gasteiger partial charge in [0.2, 0.25) is 0 Å². The second-order valence-corrected chi connectivity index (χ2v) is 7.35. The van der Waals surface area contributed by atoms with Crippen LogP contribution in [0.15, 0.2) is 30.6 Å². The normalized spacial score (nSPS) is 14.1. The predicted molar refractivity (Wildman–Crippen MR) is 109 cm³/mol. The molecule has 8 nitrogen and oxygen atoms in total. The summed E-state index contributed by atoms with van der Waals surface area (Å²) in [4.78, 5) is 24.2. The number of anilines is 1. The third-order valence-corrected chi connectivity index (χ3v) is 4.69. The fraction of sp³-hybridized carbons (Fsp3) is 0.300. The van der Waals surface area contributed by atoms with Gasteiger partial charge >= 0.3 is 0 Å². The highest BCUT2D eigenvalue weighted by molar-refractivity contribution is 6.14. The van der Waals surface area contributed by atoms with Crippen molar-refractivity contribution in [3.63, 3.8) is 0 Å². The Hall–Kier alpha value is -3.33.